The van der Waals surface area contributed by atoms with Crippen LogP contribution in [0.2, 0.25) is 0 Å². The van der Waals surface area contributed by atoms with Gasteiger partial charge in [-0.25, -0.2) is 15.0 Å². The van der Waals surface area contributed by atoms with Crippen LogP contribution in [0.25, 0.3) is 33.0 Å². The normalized spacial score (nSPS) is 12.7. The lowest BCUT2D eigenvalue weighted by molar-refractivity contribution is 0.482. The van der Waals surface area contributed by atoms with Crippen LogP contribution in [0, 0.1) is 0 Å². The number of pyridine rings is 1. The Hall–Kier alpha value is -4.52. The van der Waals surface area contributed by atoms with Crippen molar-refractivity contribution in [3.63, 3.8) is 0 Å². The topological polar surface area (TPSA) is 73.9 Å². The summed E-state index contributed by atoms with van der Waals surface area (Å²) >= 11 is 0. The first kappa shape index (κ1) is 23.6. The molecule has 7 rings (SSSR count). The molecule has 0 saturated carbocycles. The highest BCUT2D eigenvalue weighted by Gasteiger charge is 2.41. The van der Waals surface area contributed by atoms with Gasteiger partial charge in [0.25, 0.3) is 0 Å². The molecule has 6 aromatic rings. The predicted molar refractivity (Wildman–Crippen MR) is 156 cm³/mol. The molecule has 0 spiro atoms. The van der Waals surface area contributed by atoms with Crippen molar-refractivity contribution in [3.05, 3.63) is 90.6 Å². The molecule has 0 amide bonds. The first-order valence-corrected chi connectivity index (χ1v) is 13.4. The van der Waals surface area contributed by atoms with Crippen molar-refractivity contribution < 1.29 is 9.15 Å². The Morgan fingerprint density at radius 2 is 1.49 bits per heavy atom. The number of hydrogen-bond donors (Lipinski definition) is 0. The first-order chi connectivity index (χ1) is 19.0. The van der Waals surface area contributed by atoms with E-state index in [1.165, 1.54) is 0 Å². The number of fused-ring (bicyclic) bond motifs is 6. The molecule has 3 aromatic carbocycles. The maximum Gasteiger partial charge on any atom is 0.343 e. The van der Waals surface area contributed by atoms with Crippen LogP contribution in [-0.2, 0) is 0 Å². The average molecular weight is 510 g/mol. The molecule has 3 aromatic heterocycles. The summed E-state index contributed by atoms with van der Waals surface area (Å²) in [5.41, 5.74) is 4.87. The number of para-hydroxylation sites is 1. The lowest BCUT2D eigenvalue weighted by Gasteiger charge is -2.22. The molecular formula is C32H27BN4O2. The molecule has 0 bridgehead atoms. The van der Waals surface area contributed by atoms with E-state index in [1.54, 1.807) is 6.20 Å². The van der Waals surface area contributed by atoms with Gasteiger partial charge in [-0.2, -0.15) is 0 Å². The molecule has 190 valence electrons. The SMILES string of the molecule is CC(C)c1nc(B2c3ccccc3Oc3c2oc2c(-c4ccccn4)cc4ccccc4c32)nc(C(C)C)n1. The zero-order chi connectivity index (χ0) is 26.7. The highest BCUT2D eigenvalue weighted by Crippen LogP contribution is 2.42. The molecular weight excluding hydrogens is 483 g/mol. The fraction of sp³-hybridized carbons (Fsp3) is 0.188. The van der Waals surface area contributed by atoms with Crippen LogP contribution in [0.4, 0.5) is 0 Å². The summed E-state index contributed by atoms with van der Waals surface area (Å²) in [7, 11) is 0. The number of rotatable bonds is 4. The molecule has 6 nitrogen and oxygen atoms in total. The molecule has 1 aliphatic heterocycles. The second-order valence-electron chi connectivity index (χ2n) is 10.7. The van der Waals surface area contributed by atoms with Crippen molar-refractivity contribution in [1.29, 1.82) is 0 Å². The Morgan fingerprint density at radius 1 is 0.769 bits per heavy atom. The summed E-state index contributed by atoms with van der Waals surface area (Å²) in [6.45, 7) is 8.10. The minimum Gasteiger partial charge on any atom is -0.465 e. The molecule has 1 aliphatic rings. The first-order valence-electron chi connectivity index (χ1n) is 13.4. The maximum atomic E-state index is 6.84. The second-order valence-corrected chi connectivity index (χ2v) is 10.7. The van der Waals surface area contributed by atoms with Crippen LogP contribution < -0.4 is 21.6 Å². The van der Waals surface area contributed by atoms with Crippen molar-refractivity contribution in [2.75, 3.05) is 0 Å². The summed E-state index contributed by atoms with van der Waals surface area (Å²) in [6, 6.07) is 24.5. The largest absolute Gasteiger partial charge is 0.465 e. The summed E-state index contributed by atoms with van der Waals surface area (Å²) in [6.07, 6.45) is 1.81. The Kier molecular flexibility index (Phi) is 5.47. The highest BCUT2D eigenvalue weighted by molar-refractivity contribution is 6.95. The van der Waals surface area contributed by atoms with E-state index in [4.69, 9.17) is 24.1 Å². The van der Waals surface area contributed by atoms with Gasteiger partial charge in [0.05, 0.1) is 11.1 Å². The number of nitrogens with zero attached hydrogens (tertiary/aromatic N) is 4. The van der Waals surface area contributed by atoms with E-state index >= 15 is 0 Å². The Bertz CT molecular complexity index is 1840. The van der Waals surface area contributed by atoms with Gasteiger partial charge in [0.15, 0.2) is 5.75 Å². The van der Waals surface area contributed by atoms with Crippen molar-refractivity contribution >= 4 is 45.3 Å². The smallest absolute Gasteiger partial charge is 0.343 e. The van der Waals surface area contributed by atoms with Gasteiger partial charge in [0.1, 0.15) is 34.4 Å². The van der Waals surface area contributed by atoms with Gasteiger partial charge < -0.3 is 9.15 Å². The van der Waals surface area contributed by atoms with Crippen molar-refractivity contribution in [3.8, 4) is 22.8 Å². The van der Waals surface area contributed by atoms with Crippen LogP contribution in [-0.4, -0.2) is 26.6 Å². The number of furan rings is 1. The maximum absolute atomic E-state index is 6.84. The summed E-state index contributed by atoms with van der Waals surface area (Å²) in [5.74, 6) is 3.38. The standard InChI is InChI=1S/C32H27BN4O2/c1-18(2)30-35-31(19(3)4)37-32(36-30)33-23-13-7-8-15-25(23)38-28-26-21-12-6-5-11-20(21)17-22(27(26)39-29(28)33)24-14-9-10-16-34-24/h5-19H,1-4H3. The summed E-state index contributed by atoms with van der Waals surface area (Å²) in [4.78, 5) is 19.4. The molecule has 0 saturated heterocycles. The molecule has 0 radical (unpaired) electrons. The van der Waals surface area contributed by atoms with Gasteiger partial charge in [-0.15, -0.1) is 0 Å². The molecule has 0 N–H and O–H groups in total. The Morgan fingerprint density at radius 3 is 2.23 bits per heavy atom. The van der Waals surface area contributed by atoms with Gasteiger partial charge >= 0.3 is 6.71 Å². The highest BCUT2D eigenvalue weighted by atomic mass is 16.5. The van der Waals surface area contributed by atoms with Crippen LogP contribution in [0.15, 0.2) is 83.4 Å². The van der Waals surface area contributed by atoms with Crippen LogP contribution in [0.3, 0.4) is 0 Å². The zero-order valence-electron chi connectivity index (χ0n) is 22.3. The third-order valence-electron chi connectivity index (χ3n) is 7.29. The van der Waals surface area contributed by atoms with Gasteiger partial charge in [-0.1, -0.05) is 76.2 Å². The van der Waals surface area contributed by atoms with E-state index in [-0.39, 0.29) is 18.5 Å². The van der Waals surface area contributed by atoms with E-state index in [9.17, 15) is 0 Å². The second kappa shape index (κ2) is 9.05. The lowest BCUT2D eigenvalue weighted by atomic mass is 9.41. The summed E-state index contributed by atoms with van der Waals surface area (Å²) in [5, 5.41) is 3.10. The van der Waals surface area contributed by atoms with Gasteiger partial charge in [0.2, 0.25) is 0 Å². The van der Waals surface area contributed by atoms with E-state index in [2.05, 4.69) is 56.9 Å². The van der Waals surface area contributed by atoms with Crippen molar-refractivity contribution in [2.24, 2.45) is 0 Å². The quantitative estimate of drug-likeness (QED) is 0.283. The fourth-order valence-electron chi connectivity index (χ4n) is 5.34. The summed E-state index contributed by atoms with van der Waals surface area (Å²) < 4.78 is 13.5. The molecule has 0 aliphatic carbocycles. The molecule has 39 heavy (non-hydrogen) atoms. The molecule has 7 heteroatoms. The van der Waals surface area contributed by atoms with Gasteiger partial charge in [0, 0.05) is 23.6 Å². The van der Waals surface area contributed by atoms with Gasteiger partial charge in [-0.3, -0.25) is 4.98 Å². The monoisotopic (exact) mass is 510 g/mol. The van der Waals surface area contributed by atoms with E-state index < -0.39 is 0 Å². The molecule has 0 atom stereocenters. The van der Waals surface area contributed by atoms with Crippen LogP contribution in [0.1, 0.15) is 51.2 Å². The third kappa shape index (κ3) is 3.80. The van der Waals surface area contributed by atoms with E-state index in [1.807, 2.05) is 48.5 Å². The third-order valence-corrected chi connectivity index (χ3v) is 7.29. The Balaban J connectivity index is 1.58. The number of ether oxygens (including phenoxy) is 1. The number of benzene rings is 3. The fourth-order valence-corrected chi connectivity index (χ4v) is 5.34. The van der Waals surface area contributed by atoms with Crippen LogP contribution in [0.5, 0.6) is 11.5 Å². The number of aromatic nitrogens is 4. The predicted octanol–water partition coefficient (Wildman–Crippen LogP) is 5.70. The Labute approximate surface area is 227 Å². The minimum absolute atomic E-state index is 0.161. The van der Waals surface area contributed by atoms with Crippen molar-refractivity contribution in [2.45, 2.75) is 39.5 Å². The van der Waals surface area contributed by atoms with Gasteiger partial charge in [-0.05, 0) is 40.5 Å². The minimum atomic E-state index is -0.342. The number of hydrogen-bond acceptors (Lipinski definition) is 6. The van der Waals surface area contributed by atoms with E-state index in [0.29, 0.717) is 17.1 Å². The van der Waals surface area contributed by atoms with Crippen LogP contribution >= 0.6 is 0 Å². The molecule has 0 fully saturated rings. The molecule has 4 heterocycles. The molecule has 0 unspecified atom stereocenters. The van der Waals surface area contributed by atoms with Crippen molar-refractivity contribution in [1.82, 2.24) is 19.9 Å². The zero-order valence-corrected chi connectivity index (χ0v) is 22.3. The lowest BCUT2D eigenvalue weighted by Crippen LogP contribution is -2.57. The average Bonchev–Trinajstić information content (AvgIpc) is 3.34. The van der Waals surface area contributed by atoms with E-state index in [0.717, 1.165) is 55.9 Å².